The summed E-state index contributed by atoms with van der Waals surface area (Å²) < 4.78 is 2.74. The number of aryl methyl sites for hydroxylation is 1. The molecule has 1 N–H and O–H groups in total. The van der Waals surface area contributed by atoms with E-state index in [4.69, 9.17) is 11.6 Å². The molecule has 3 nitrogen and oxygen atoms in total. The predicted octanol–water partition coefficient (Wildman–Crippen LogP) is 5.05. The van der Waals surface area contributed by atoms with E-state index in [0.717, 1.165) is 10.0 Å². The Kier molecular flexibility index (Phi) is 4.55. The Labute approximate surface area is 132 Å². The van der Waals surface area contributed by atoms with Gasteiger partial charge in [0.05, 0.1) is 5.69 Å². The van der Waals surface area contributed by atoms with Crippen molar-refractivity contribution >= 4 is 39.1 Å². The van der Waals surface area contributed by atoms with Crippen molar-refractivity contribution < 1.29 is 4.79 Å². The molecule has 0 saturated heterocycles. The van der Waals surface area contributed by atoms with Gasteiger partial charge in [0.2, 0.25) is 0 Å². The van der Waals surface area contributed by atoms with Crippen LogP contribution in [0.25, 0.3) is 0 Å². The van der Waals surface area contributed by atoms with E-state index in [1.54, 1.807) is 12.1 Å². The number of nitrogens with zero attached hydrogens (tertiary/aromatic N) is 1. The summed E-state index contributed by atoms with van der Waals surface area (Å²) in [6, 6.07) is 7.54. The van der Waals surface area contributed by atoms with E-state index >= 15 is 0 Å². The summed E-state index contributed by atoms with van der Waals surface area (Å²) in [6.45, 7) is 5.99. The van der Waals surface area contributed by atoms with Gasteiger partial charge in [0.25, 0.3) is 5.91 Å². The van der Waals surface area contributed by atoms with Gasteiger partial charge in [-0.15, -0.1) is 0 Å². The molecule has 5 heteroatoms. The fourth-order valence-electron chi connectivity index (χ4n) is 1.96. The van der Waals surface area contributed by atoms with Gasteiger partial charge in [0, 0.05) is 21.7 Å². The van der Waals surface area contributed by atoms with Crippen LogP contribution in [0.4, 0.5) is 5.69 Å². The van der Waals surface area contributed by atoms with Crippen molar-refractivity contribution in [2.45, 2.75) is 26.8 Å². The second kappa shape index (κ2) is 6.02. The molecule has 106 valence electrons. The Morgan fingerprint density at radius 1 is 1.40 bits per heavy atom. The van der Waals surface area contributed by atoms with Gasteiger partial charge in [-0.25, -0.2) is 0 Å². The Bertz CT molecular complexity index is 649. The van der Waals surface area contributed by atoms with Gasteiger partial charge in [-0.05, 0) is 66.5 Å². The monoisotopic (exact) mass is 354 g/mol. The quantitative estimate of drug-likeness (QED) is 0.821. The lowest BCUT2D eigenvalue weighted by atomic mass is 10.2. The number of carbonyl (C=O) groups is 1. The number of hydrogen-bond donors (Lipinski definition) is 1. The van der Waals surface area contributed by atoms with Crippen LogP contribution in [0.1, 0.15) is 35.9 Å². The first-order chi connectivity index (χ1) is 9.40. The van der Waals surface area contributed by atoms with Crippen LogP contribution in [0.5, 0.6) is 0 Å². The summed E-state index contributed by atoms with van der Waals surface area (Å²) >= 11 is 9.54. The minimum absolute atomic E-state index is 0.149. The van der Waals surface area contributed by atoms with Crippen LogP contribution in [0.3, 0.4) is 0 Å². The van der Waals surface area contributed by atoms with Gasteiger partial charge < -0.3 is 9.88 Å². The number of rotatable bonds is 3. The molecule has 0 aliphatic heterocycles. The highest BCUT2D eigenvalue weighted by Crippen LogP contribution is 2.29. The molecule has 0 fully saturated rings. The largest absolute Gasteiger partial charge is 0.341 e. The summed E-state index contributed by atoms with van der Waals surface area (Å²) in [5.74, 6) is -0.149. The lowest BCUT2D eigenvalue weighted by Gasteiger charge is -2.14. The minimum Gasteiger partial charge on any atom is -0.341 e. The number of carbonyl (C=O) groups excluding carboxylic acids is 1. The molecule has 2 rings (SSSR count). The minimum atomic E-state index is -0.149. The maximum Gasteiger partial charge on any atom is 0.272 e. The number of aromatic nitrogens is 1. The zero-order valence-electron chi connectivity index (χ0n) is 11.6. The van der Waals surface area contributed by atoms with Gasteiger partial charge in [0.1, 0.15) is 5.69 Å². The molecular formula is C15H16BrClN2O. The Morgan fingerprint density at radius 2 is 2.10 bits per heavy atom. The zero-order valence-corrected chi connectivity index (χ0v) is 13.9. The van der Waals surface area contributed by atoms with Gasteiger partial charge in [-0.1, -0.05) is 11.6 Å². The Morgan fingerprint density at radius 3 is 2.75 bits per heavy atom. The molecule has 0 radical (unpaired) electrons. The fraction of sp³-hybridized carbons (Fsp3) is 0.267. The van der Waals surface area contributed by atoms with Crippen LogP contribution in [0.15, 0.2) is 34.9 Å². The highest BCUT2D eigenvalue weighted by Gasteiger charge is 2.14. The molecule has 20 heavy (non-hydrogen) atoms. The highest BCUT2D eigenvalue weighted by molar-refractivity contribution is 9.10. The van der Waals surface area contributed by atoms with Crippen molar-refractivity contribution in [3.05, 3.63) is 51.2 Å². The Hall–Kier alpha value is -1.26. The van der Waals surface area contributed by atoms with E-state index in [1.165, 1.54) is 0 Å². The predicted molar refractivity (Wildman–Crippen MR) is 86.7 cm³/mol. The van der Waals surface area contributed by atoms with Crippen LogP contribution in [0, 0.1) is 6.92 Å². The van der Waals surface area contributed by atoms with Crippen LogP contribution < -0.4 is 5.32 Å². The van der Waals surface area contributed by atoms with Crippen molar-refractivity contribution in [1.82, 2.24) is 4.57 Å². The van der Waals surface area contributed by atoms with Gasteiger partial charge >= 0.3 is 0 Å². The maximum absolute atomic E-state index is 12.4. The topological polar surface area (TPSA) is 34.0 Å². The lowest BCUT2D eigenvalue weighted by molar-refractivity contribution is 0.101. The number of benzene rings is 1. The second-order valence-electron chi connectivity index (χ2n) is 4.93. The number of anilines is 1. The van der Waals surface area contributed by atoms with Gasteiger partial charge in [0.15, 0.2) is 0 Å². The molecule has 0 spiro atoms. The fourth-order valence-corrected chi connectivity index (χ4v) is 2.69. The molecule has 2 aromatic rings. The van der Waals surface area contributed by atoms with E-state index in [0.29, 0.717) is 16.4 Å². The standard InChI is InChI=1S/C15H16BrClN2O/c1-9(2)19-6-4-5-14(19)15(20)18-13-8-12(17)10(3)7-11(13)16/h4-9H,1-3H3,(H,18,20). The van der Waals surface area contributed by atoms with Crippen molar-refractivity contribution in [2.75, 3.05) is 5.32 Å². The summed E-state index contributed by atoms with van der Waals surface area (Å²) in [7, 11) is 0. The first-order valence-electron chi connectivity index (χ1n) is 6.34. The molecule has 1 heterocycles. The molecule has 1 amide bonds. The molecule has 0 unspecified atom stereocenters. The van der Waals surface area contributed by atoms with E-state index in [1.807, 2.05) is 43.7 Å². The third-order valence-corrected chi connectivity index (χ3v) is 4.13. The van der Waals surface area contributed by atoms with Gasteiger partial charge in [-0.2, -0.15) is 0 Å². The van der Waals surface area contributed by atoms with Crippen LogP contribution in [-0.4, -0.2) is 10.5 Å². The van der Waals surface area contributed by atoms with Crippen molar-refractivity contribution in [2.24, 2.45) is 0 Å². The van der Waals surface area contributed by atoms with E-state index in [9.17, 15) is 4.79 Å². The van der Waals surface area contributed by atoms with Crippen LogP contribution >= 0.6 is 27.5 Å². The molecule has 0 atom stereocenters. The summed E-state index contributed by atoms with van der Waals surface area (Å²) in [6.07, 6.45) is 1.90. The smallest absolute Gasteiger partial charge is 0.272 e. The number of amides is 1. The van der Waals surface area contributed by atoms with Crippen LogP contribution in [0.2, 0.25) is 5.02 Å². The average molecular weight is 356 g/mol. The molecule has 0 bridgehead atoms. The normalized spacial score (nSPS) is 10.9. The first kappa shape index (κ1) is 15.1. The summed E-state index contributed by atoms with van der Waals surface area (Å²) in [5, 5.41) is 3.51. The first-order valence-corrected chi connectivity index (χ1v) is 7.51. The Balaban J connectivity index is 2.28. The number of halogens is 2. The third kappa shape index (κ3) is 3.07. The zero-order chi connectivity index (χ0) is 14.9. The molecule has 1 aromatic carbocycles. The molecule has 1 aromatic heterocycles. The summed E-state index contributed by atoms with van der Waals surface area (Å²) in [4.78, 5) is 12.4. The maximum atomic E-state index is 12.4. The van der Waals surface area contributed by atoms with Crippen molar-refractivity contribution in [1.29, 1.82) is 0 Å². The average Bonchev–Trinajstić information content (AvgIpc) is 2.85. The van der Waals surface area contributed by atoms with E-state index in [-0.39, 0.29) is 11.9 Å². The van der Waals surface area contributed by atoms with Crippen molar-refractivity contribution in [3.63, 3.8) is 0 Å². The number of hydrogen-bond acceptors (Lipinski definition) is 1. The lowest BCUT2D eigenvalue weighted by Crippen LogP contribution is -2.18. The van der Waals surface area contributed by atoms with E-state index in [2.05, 4.69) is 21.2 Å². The molecule has 0 saturated carbocycles. The number of nitrogens with one attached hydrogen (secondary N) is 1. The van der Waals surface area contributed by atoms with Crippen molar-refractivity contribution in [3.8, 4) is 0 Å². The van der Waals surface area contributed by atoms with E-state index < -0.39 is 0 Å². The van der Waals surface area contributed by atoms with Gasteiger partial charge in [-0.3, -0.25) is 4.79 Å². The third-order valence-electron chi connectivity index (χ3n) is 3.06. The molecule has 0 aliphatic rings. The summed E-state index contributed by atoms with van der Waals surface area (Å²) in [5.41, 5.74) is 2.26. The second-order valence-corrected chi connectivity index (χ2v) is 6.19. The molecular weight excluding hydrogens is 340 g/mol. The molecule has 0 aliphatic carbocycles. The highest BCUT2D eigenvalue weighted by atomic mass is 79.9. The van der Waals surface area contributed by atoms with Crippen LogP contribution in [-0.2, 0) is 0 Å². The SMILES string of the molecule is Cc1cc(Br)c(NC(=O)c2cccn2C(C)C)cc1Cl.